The Morgan fingerprint density at radius 3 is 1.09 bits per heavy atom. The van der Waals surface area contributed by atoms with Gasteiger partial charge in [-0.15, -0.1) is 6.58 Å². The molecule has 8 aromatic rings. The Labute approximate surface area is 642 Å². The van der Waals surface area contributed by atoms with Crippen molar-refractivity contribution in [1.29, 1.82) is 0 Å². The van der Waals surface area contributed by atoms with Gasteiger partial charge in [-0.05, 0) is 85.0 Å². The van der Waals surface area contributed by atoms with Crippen molar-refractivity contribution in [3.8, 4) is 0 Å². The molecule has 0 bridgehead atoms. The Kier molecular flexibility index (Phi) is 37.1. The molecule has 23 heteroatoms. The van der Waals surface area contributed by atoms with E-state index in [0.29, 0.717) is 29.2 Å². The van der Waals surface area contributed by atoms with E-state index in [1.165, 1.54) is 46.3 Å². The van der Waals surface area contributed by atoms with Gasteiger partial charge in [0, 0.05) is 59.4 Å². The summed E-state index contributed by atoms with van der Waals surface area (Å²) in [5, 5.41) is 28.1. The number of aromatic nitrogens is 7. The second-order valence-corrected chi connectivity index (χ2v) is 31.1. The van der Waals surface area contributed by atoms with Gasteiger partial charge in [-0.1, -0.05) is 249 Å². The first-order chi connectivity index (χ1) is 50.1. The number of unbranched alkanes of at least 4 members (excludes halogenated alkanes) is 9. The third-order valence-corrected chi connectivity index (χ3v) is 18.1. The molecule has 0 spiro atoms. The van der Waals surface area contributed by atoms with E-state index in [4.69, 9.17) is 19.9 Å². The van der Waals surface area contributed by atoms with Crippen LogP contribution in [0, 0.1) is 21.7 Å². The minimum Gasteiger partial charge on any atom is -0.467 e. The highest BCUT2D eigenvalue weighted by Gasteiger charge is 2.38. The molecular formula is C85H128N12O11. The lowest BCUT2D eigenvalue weighted by atomic mass is 9.86. The van der Waals surface area contributed by atoms with Gasteiger partial charge in [-0.25, -0.2) is 14.4 Å². The van der Waals surface area contributed by atoms with Crippen LogP contribution in [0.25, 0.3) is 43.6 Å². The molecule has 4 atom stereocenters. The normalized spacial score (nSPS) is 12.5. The molecule has 4 aromatic heterocycles. The molecule has 4 heterocycles. The van der Waals surface area contributed by atoms with Crippen LogP contribution in [-0.2, 0) is 59.6 Å². The van der Waals surface area contributed by atoms with Crippen LogP contribution in [0.2, 0.25) is 0 Å². The van der Waals surface area contributed by atoms with E-state index < -0.39 is 69.6 Å². The zero-order chi connectivity index (χ0) is 78.7. The first-order valence-electron chi connectivity index (χ1n) is 37.5. The van der Waals surface area contributed by atoms with E-state index in [1.54, 1.807) is 6.92 Å². The van der Waals surface area contributed by atoms with Crippen LogP contribution >= 0.6 is 0 Å². The minimum atomic E-state index is -0.761. The smallest absolute Gasteiger partial charge is 0.329 e. The zero-order valence-electron chi connectivity index (χ0n) is 66.3. The van der Waals surface area contributed by atoms with Crippen LogP contribution in [-0.4, -0.2) is 126 Å². The van der Waals surface area contributed by atoms with Gasteiger partial charge in [0.2, 0.25) is 5.91 Å². The topological polar surface area (TPSA) is 297 Å². The predicted octanol–water partition coefficient (Wildman–Crippen LogP) is 16.3. The molecule has 108 heavy (non-hydrogen) atoms. The third kappa shape index (κ3) is 26.0. The third-order valence-electron chi connectivity index (χ3n) is 18.1. The summed E-state index contributed by atoms with van der Waals surface area (Å²) in [6, 6.07) is 27.9. The molecule has 8 rings (SSSR count). The highest BCUT2D eigenvalue weighted by Crippen LogP contribution is 2.29. The number of para-hydroxylation sites is 4. The minimum absolute atomic E-state index is 0. The monoisotopic (exact) mass is 1490 g/mol. The summed E-state index contributed by atoms with van der Waals surface area (Å²) in [5.41, 5.74) is 9.02. The molecule has 0 aliphatic heterocycles. The standard InChI is InChI=1S/C22H32N2O3.C21H31N3O3.C20H30N4O2.C20H27N3O3.2CH4/c1-6-7-8-11-14-24-15-17(16-12-9-10-13-18(16)24)20(25)23-19(21(26)27-5)22(2,3)4;1-6-8-11-14-24-16-13-10-9-12-15(16)17(23-24)19(25)22-18(21(3,4)5)20(26)27-7-2;1-5-6-7-10-13-24-15-12-9-8-11-14(15)16(23-24)19(26)22-17(18(21)25)20(2,3)4;1-6-7-10-13-23-15-12-9-8-11-14(15)16(22-23)18(24)21-17(19(25)26-5)20(2,3)4;;/h9-10,12-13,15,19H,6-8,11,14H2,1-5H3,(H,23,25);9-10,12-13,18H,6-8,11,14H2,1-5H3,(H,22,25);8-9,11-12,17H,5-7,10,13H2,1-4H3,(H2,21,25)(H,22,26);6,8-9,11-12,17H,1,7,10,13H2,2-5H3,(H,21,24);2*1H4/t19-;;;17-;;/m1..1../s1. The number of rotatable bonds is 31. The van der Waals surface area contributed by atoms with Gasteiger partial charge in [0.15, 0.2) is 17.1 Å². The number of aryl methyl sites for hydroxylation is 4. The SMILES string of the molecule is C.C.C=CCCCn1nc(C(=O)N[C@H](C(=O)OC)C(C)(C)C)c2ccccc21.CCCCCCn1cc(C(=O)N[C@H](C(=O)OC)C(C)(C)C)c2ccccc21.CCCCCCn1nc(C(=O)NC(C(N)=O)C(C)(C)C)c2ccccc21.CCCCCn1nc(C(=O)NC(C(=O)OCC)C(C)(C)C)c2ccccc21. The average Bonchev–Trinajstić information content (AvgIpc) is 1.67. The quantitative estimate of drug-likeness (QED) is 0.0117. The van der Waals surface area contributed by atoms with E-state index in [2.05, 4.69) is 68.5 Å². The molecule has 0 radical (unpaired) electrons. The summed E-state index contributed by atoms with van der Waals surface area (Å²) < 4.78 is 22.6. The number of carbonyl (C=O) groups excluding carboxylic acids is 8. The van der Waals surface area contributed by atoms with E-state index in [1.807, 2.05) is 206 Å². The van der Waals surface area contributed by atoms with Crippen molar-refractivity contribution < 1.29 is 52.6 Å². The number of nitrogens with one attached hydrogen (secondary N) is 4. The number of ether oxygens (including phenoxy) is 3. The molecule has 2 unspecified atom stereocenters. The molecule has 4 aromatic carbocycles. The first-order valence-corrected chi connectivity index (χ1v) is 37.5. The lowest BCUT2D eigenvalue weighted by Crippen LogP contribution is -2.52. The largest absolute Gasteiger partial charge is 0.467 e. The van der Waals surface area contributed by atoms with Crippen LogP contribution in [0.1, 0.15) is 251 Å². The number of primary amides is 1. The lowest BCUT2D eigenvalue weighted by molar-refractivity contribution is -0.148. The molecule has 5 amide bonds. The van der Waals surface area contributed by atoms with E-state index in [0.717, 1.165) is 115 Å². The van der Waals surface area contributed by atoms with Crippen LogP contribution < -0.4 is 27.0 Å². The number of methoxy groups -OCH3 is 2. The fraction of sp³-hybridized carbons (Fsp3) is 0.541. The molecule has 594 valence electrons. The Bertz CT molecular complexity index is 4230. The first kappa shape index (κ1) is 92.5. The molecular weight excluding hydrogens is 1370 g/mol. The number of hydrogen-bond donors (Lipinski definition) is 5. The summed E-state index contributed by atoms with van der Waals surface area (Å²) in [6.45, 7) is 38.1. The number of allylic oxidation sites excluding steroid dienone is 1. The highest BCUT2D eigenvalue weighted by atomic mass is 16.5. The van der Waals surface area contributed by atoms with Crippen molar-refractivity contribution in [1.82, 2.24) is 55.2 Å². The Morgan fingerprint density at radius 2 is 0.741 bits per heavy atom. The summed E-state index contributed by atoms with van der Waals surface area (Å²) in [7, 11) is 2.66. The van der Waals surface area contributed by atoms with Crippen LogP contribution in [0.3, 0.4) is 0 Å². The second kappa shape index (κ2) is 43.4. The summed E-state index contributed by atoms with van der Waals surface area (Å²) >= 11 is 0. The van der Waals surface area contributed by atoms with E-state index in [9.17, 15) is 38.4 Å². The number of hydrogen-bond acceptors (Lipinski definition) is 14. The number of benzene rings is 4. The van der Waals surface area contributed by atoms with Gasteiger partial charge >= 0.3 is 17.9 Å². The number of nitrogens with zero attached hydrogens (tertiary/aromatic N) is 7. The highest BCUT2D eigenvalue weighted by molar-refractivity contribution is 6.09. The summed E-state index contributed by atoms with van der Waals surface area (Å²) in [6.07, 6.45) is 18.0. The van der Waals surface area contributed by atoms with Crippen molar-refractivity contribution in [2.75, 3.05) is 20.8 Å². The number of nitrogens with two attached hydrogens (primary N) is 1. The molecule has 23 nitrogen and oxygen atoms in total. The summed E-state index contributed by atoms with van der Waals surface area (Å²) in [4.78, 5) is 100. The maximum absolute atomic E-state index is 13.0. The second-order valence-electron chi connectivity index (χ2n) is 31.1. The molecule has 0 aliphatic carbocycles. The number of amides is 5. The van der Waals surface area contributed by atoms with Crippen molar-refractivity contribution in [3.05, 3.63) is 139 Å². The predicted molar refractivity (Wildman–Crippen MR) is 435 cm³/mol. The maximum atomic E-state index is 13.0. The summed E-state index contributed by atoms with van der Waals surface area (Å²) in [5.74, 6) is -3.22. The van der Waals surface area contributed by atoms with E-state index in [-0.39, 0.29) is 45.1 Å². The molecule has 0 saturated heterocycles. The lowest BCUT2D eigenvalue weighted by Gasteiger charge is -2.29. The van der Waals surface area contributed by atoms with Gasteiger partial charge in [0.1, 0.15) is 24.2 Å². The van der Waals surface area contributed by atoms with Gasteiger partial charge in [-0.3, -0.25) is 38.0 Å². The fourth-order valence-electron chi connectivity index (χ4n) is 12.2. The van der Waals surface area contributed by atoms with Crippen molar-refractivity contribution in [3.63, 3.8) is 0 Å². The molecule has 6 N–H and O–H groups in total. The molecule has 0 aliphatic rings. The fourth-order valence-corrected chi connectivity index (χ4v) is 12.2. The van der Waals surface area contributed by atoms with Crippen LogP contribution in [0.5, 0.6) is 0 Å². The van der Waals surface area contributed by atoms with Crippen molar-refractivity contribution in [2.24, 2.45) is 27.4 Å². The number of fused-ring (bicyclic) bond motifs is 4. The molecule has 0 saturated carbocycles. The molecule has 0 fully saturated rings. The van der Waals surface area contributed by atoms with Crippen LogP contribution in [0.15, 0.2) is 116 Å². The van der Waals surface area contributed by atoms with Crippen LogP contribution in [0.4, 0.5) is 0 Å². The Morgan fingerprint density at radius 1 is 0.426 bits per heavy atom. The number of carbonyl (C=O) groups is 8. The maximum Gasteiger partial charge on any atom is 0.329 e. The van der Waals surface area contributed by atoms with Crippen molar-refractivity contribution in [2.45, 2.75) is 259 Å². The Balaban J connectivity index is 0.000000371. The van der Waals surface area contributed by atoms with Gasteiger partial charge in [0.25, 0.3) is 23.6 Å². The number of esters is 3. The van der Waals surface area contributed by atoms with Crippen molar-refractivity contribution >= 4 is 91.1 Å². The zero-order valence-corrected chi connectivity index (χ0v) is 66.3. The van der Waals surface area contributed by atoms with Gasteiger partial charge in [-0.2, -0.15) is 15.3 Å². The van der Waals surface area contributed by atoms with E-state index >= 15 is 0 Å². The van der Waals surface area contributed by atoms with Gasteiger partial charge < -0.3 is 45.8 Å². The average molecular weight is 1490 g/mol. The van der Waals surface area contributed by atoms with Gasteiger partial charge in [0.05, 0.1) is 42.9 Å². The Hall–Kier alpha value is -9.67.